The molecule has 6 nitrogen and oxygen atoms in total. The number of nitrogens with zero attached hydrogens (tertiary/aromatic N) is 3. The van der Waals surface area contributed by atoms with Crippen molar-refractivity contribution in [3.63, 3.8) is 0 Å². The Balaban J connectivity index is 0.00000420. The summed E-state index contributed by atoms with van der Waals surface area (Å²) in [4.78, 5) is 19.2. The van der Waals surface area contributed by atoms with Crippen LogP contribution in [0.3, 0.4) is 0 Å². The van der Waals surface area contributed by atoms with Crippen molar-refractivity contribution in [2.45, 2.75) is 71.9 Å². The molecule has 7 heteroatoms. The van der Waals surface area contributed by atoms with Gasteiger partial charge in [0.1, 0.15) is 0 Å². The molecular weight excluding hydrogens is 477 g/mol. The Kier molecular flexibility index (Phi) is 13.3. The molecule has 1 aromatic rings. The Hall–Kier alpha value is -1.09. The van der Waals surface area contributed by atoms with E-state index >= 15 is 0 Å². The smallest absolute Gasteiger partial charge is 0.250 e. The second-order valence-electron chi connectivity index (χ2n) is 7.79. The Morgan fingerprint density at radius 2 is 2.00 bits per heavy atom. The predicted molar refractivity (Wildman–Crippen MR) is 134 cm³/mol. The van der Waals surface area contributed by atoms with Gasteiger partial charge in [-0.1, -0.05) is 12.5 Å². The number of pyridine rings is 1. The molecule has 2 heterocycles. The summed E-state index contributed by atoms with van der Waals surface area (Å²) in [6.07, 6.45) is 7.15. The third-order valence-electron chi connectivity index (χ3n) is 5.53. The van der Waals surface area contributed by atoms with Gasteiger partial charge in [0.05, 0.1) is 0 Å². The fourth-order valence-electron chi connectivity index (χ4n) is 3.81. The number of halogens is 1. The van der Waals surface area contributed by atoms with Crippen LogP contribution in [-0.4, -0.2) is 54.2 Å². The summed E-state index contributed by atoms with van der Waals surface area (Å²) in [6, 6.07) is 6.16. The summed E-state index contributed by atoms with van der Waals surface area (Å²) in [7, 11) is 0. The van der Waals surface area contributed by atoms with E-state index in [0.29, 0.717) is 0 Å². The van der Waals surface area contributed by atoms with Gasteiger partial charge in [-0.3, -0.25) is 9.79 Å². The molecule has 1 unspecified atom stereocenters. The maximum atomic E-state index is 11.9. The number of nitrogens with one attached hydrogen (secondary N) is 2. The van der Waals surface area contributed by atoms with Crippen molar-refractivity contribution in [3.05, 3.63) is 34.2 Å². The van der Waals surface area contributed by atoms with E-state index in [2.05, 4.69) is 29.4 Å². The number of aliphatic imine (C=N–C) groups is 1. The van der Waals surface area contributed by atoms with Crippen LogP contribution in [0.5, 0.6) is 0 Å². The average Bonchev–Trinajstić information content (AvgIpc) is 2.68. The lowest BCUT2D eigenvalue weighted by molar-refractivity contribution is 0.160. The van der Waals surface area contributed by atoms with E-state index < -0.39 is 0 Å². The number of guanidine groups is 1. The molecule has 1 atom stereocenters. The first kappa shape index (κ1) is 25.9. The first-order valence-electron chi connectivity index (χ1n) is 11.0. The molecule has 1 aromatic heterocycles. The van der Waals surface area contributed by atoms with E-state index in [1.807, 2.05) is 23.6 Å². The maximum absolute atomic E-state index is 11.9. The van der Waals surface area contributed by atoms with Crippen molar-refractivity contribution >= 4 is 29.9 Å². The fraction of sp³-hybridized carbons (Fsp3) is 0.727. The van der Waals surface area contributed by atoms with Crippen LogP contribution in [0.2, 0.25) is 0 Å². The SMILES string of the molecule is CCNC(=NCCCN1CCCCC1C)NCCCCn1c(C)cccc1=O.I. The third-order valence-corrected chi connectivity index (χ3v) is 5.53. The molecule has 1 saturated heterocycles. The summed E-state index contributed by atoms with van der Waals surface area (Å²) >= 11 is 0. The van der Waals surface area contributed by atoms with Crippen molar-refractivity contribution in [2.24, 2.45) is 4.99 Å². The monoisotopic (exact) mass is 517 g/mol. The van der Waals surface area contributed by atoms with Gasteiger partial charge in [0.2, 0.25) is 0 Å². The second-order valence-corrected chi connectivity index (χ2v) is 7.79. The topological polar surface area (TPSA) is 61.7 Å². The van der Waals surface area contributed by atoms with Gasteiger partial charge in [0.25, 0.3) is 5.56 Å². The number of hydrogen-bond acceptors (Lipinski definition) is 3. The molecule has 0 amide bonds. The molecule has 0 saturated carbocycles. The molecule has 2 rings (SSSR count). The summed E-state index contributed by atoms with van der Waals surface area (Å²) < 4.78 is 1.85. The Labute approximate surface area is 193 Å². The lowest BCUT2D eigenvalue weighted by Gasteiger charge is -2.33. The first-order chi connectivity index (χ1) is 13.6. The van der Waals surface area contributed by atoms with Gasteiger partial charge in [-0.2, -0.15) is 0 Å². The fourth-order valence-corrected chi connectivity index (χ4v) is 3.81. The standard InChI is InChI=1S/C22H39N5O.HI/c1-4-23-22(25-15-10-17-26-16-7-5-11-19(26)2)24-14-6-8-18-27-20(3)12-9-13-21(27)28;/h9,12-13,19H,4-8,10-11,14-18H2,1-3H3,(H2,23,24,25);1H. The molecule has 29 heavy (non-hydrogen) atoms. The van der Waals surface area contributed by atoms with Crippen LogP contribution in [0.15, 0.2) is 28.0 Å². The van der Waals surface area contributed by atoms with Crippen molar-refractivity contribution in [1.82, 2.24) is 20.1 Å². The highest BCUT2D eigenvalue weighted by Crippen LogP contribution is 2.16. The minimum absolute atomic E-state index is 0. The van der Waals surface area contributed by atoms with Crippen molar-refractivity contribution < 1.29 is 0 Å². The van der Waals surface area contributed by atoms with Crippen molar-refractivity contribution in [1.29, 1.82) is 0 Å². The zero-order chi connectivity index (χ0) is 20.2. The van der Waals surface area contributed by atoms with Crippen LogP contribution < -0.4 is 16.2 Å². The van der Waals surface area contributed by atoms with Crippen LogP contribution in [0.1, 0.15) is 58.1 Å². The van der Waals surface area contributed by atoms with Gasteiger partial charge >= 0.3 is 0 Å². The second kappa shape index (κ2) is 14.8. The van der Waals surface area contributed by atoms with Gasteiger partial charge in [0.15, 0.2) is 5.96 Å². The largest absolute Gasteiger partial charge is 0.357 e. The highest BCUT2D eigenvalue weighted by molar-refractivity contribution is 14.0. The molecule has 0 aromatic carbocycles. The third kappa shape index (κ3) is 9.51. The van der Waals surface area contributed by atoms with E-state index in [4.69, 9.17) is 4.99 Å². The molecule has 1 aliphatic rings. The predicted octanol–water partition coefficient (Wildman–Crippen LogP) is 3.37. The number of aryl methyl sites for hydroxylation is 1. The lowest BCUT2D eigenvalue weighted by Crippen LogP contribution is -2.39. The number of aromatic nitrogens is 1. The quantitative estimate of drug-likeness (QED) is 0.216. The van der Waals surface area contributed by atoms with E-state index in [1.54, 1.807) is 6.07 Å². The minimum Gasteiger partial charge on any atom is -0.357 e. The van der Waals surface area contributed by atoms with Gasteiger partial charge in [-0.15, -0.1) is 24.0 Å². The summed E-state index contributed by atoms with van der Waals surface area (Å²) in [5.74, 6) is 0.905. The van der Waals surface area contributed by atoms with Crippen LogP contribution in [-0.2, 0) is 6.54 Å². The van der Waals surface area contributed by atoms with Crippen molar-refractivity contribution in [2.75, 3.05) is 32.7 Å². The molecular formula is C22H40IN5O. The molecule has 0 bridgehead atoms. The molecule has 0 spiro atoms. The highest BCUT2D eigenvalue weighted by atomic mass is 127. The van der Waals surface area contributed by atoms with E-state index in [9.17, 15) is 4.79 Å². The van der Waals surface area contributed by atoms with Crippen LogP contribution >= 0.6 is 24.0 Å². The molecule has 0 aliphatic carbocycles. The number of hydrogen-bond donors (Lipinski definition) is 2. The molecule has 1 aliphatic heterocycles. The van der Waals surface area contributed by atoms with Gasteiger partial charge < -0.3 is 20.1 Å². The average molecular weight is 518 g/mol. The van der Waals surface area contributed by atoms with E-state index in [0.717, 1.165) is 69.7 Å². The van der Waals surface area contributed by atoms with Crippen molar-refractivity contribution in [3.8, 4) is 0 Å². The number of rotatable bonds is 10. The number of likely N-dealkylation sites (tertiary alicyclic amines) is 1. The first-order valence-corrected chi connectivity index (χ1v) is 11.0. The Bertz CT molecular complexity index is 661. The zero-order valence-electron chi connectivity index (χ0n) is 18.5. The molecule has 0 radical (unpaired) electrons. The maximum Gasteiger partial charge on any atom is 0.250 e. The van der Waals surface area contributed by atoms with Gasteiger partial charge in [-0.25, -0.2) is 0 Å². The molecule has 166 valence electrons. The summed E-state index contributed by atoms with van der Waals surface area (Å²) in [5.41, 5.74) is 1.12. The summed E-state index contributed by atoms with van der Waals surface area (Å²) in [5, 5.41) is 6.75. The van der Waals surface area contributed by atoms with Crippen LogP contribution in [0.4, 0.5) is 0 Å². The lowest BCUT2D eigenvalue weighted by atomic mass is 10.0. The Morgan fingerprint density at radius 3 is 2.72 bits per heavy atom. The number of piperidine rings is 1. The van der Waals surface area contributed by atoms with E-state index in [1.165, 1.54) is 25.8 Å². The van der Waals surface area contributed by atoms with Crippen LogP contribution in [0, 0.1) is 6.92 Å². The highest BCUT2D eigenvalue weighted by Gasteiger charge is 2.16. The number of unbranched alkanes of at least 4 members (excludes halogenated alkanes) is 1. The normalized spacial score (nSPS) is 17.6. The summed E-state index contributed by atoms with van der Waals surface area (Å²) in [6.45, 7) is 12.2. The minimum atomic E-state index is 0. The van der Waals surface area contributed by atoms with Gasteiger partial charge in [0, 0.05) is 50.5 Å². The molecule has 2 N–H and O–H groups in total. The van der Waals surface area contributed by atoms with Crippen LogP contribution in [0.25, 0.3) is 0 Å². The van der Waals surface area contributed by atoms with E-state index in [-0.39, 0.29) is 29.5 Å². The zero-order valence-corrected chi connectivity index (χ0v) is 20.8. The van der Waals surface area contributed by atoms with Gasteiger partial charge in [-0.05, 0) is 65.5 Å². The molecule has 1 fully saturated rings. The Morgan fingerprint density at radius 1 is 1.17 bits per heavy atom.